The van der Waals surface area contributed by atoms with Gasteiger partial charge in [-0.2, -0.15) is 5.10 Å². The van der Waals surface area contributed by atoms with E-state index in [4.69, 9.17) is 0 Å². The SMILES string of the molecule is Cn1cc(Nc2ncc(-c3ccc(CC(=O)NCc4ccccn4)c(F)c3)cn2)cn1. The number of aromatic nitrogens is 5. The van der Waals surface area contributed by atoms with Crippen LogP contribution in [0.5, 0.6) is 0 Å². The molecule has 0 aliphatic rings. The molecule has 0 fully saturated rings. The average molecular weight is 417 g/mol. The maximum atomic E-state index is 14.6. The molecule has 0 radical (unpaired) electrons. The highest BCUT2D eigenvalue weighted by Crippen LogP contribution is 2.22. The number of nitrogens with zero attached hydrogens (tertiary/aromatic N) is 5. The van der Waals surface area contributed by atoms with Crippen LogP contribution in [0, 0.1) is 5.82 Å². The van der Waals surface area contributed by atoms with Crippen LogP contribution in [0.15, 0.2) is 67.4 Å². The fraction of sp³-hybridized carbons (Fsp3) is 0.136. The van der Waals surface area contributed by atoms with Crippen LogP contribution in [-0.4, -0.2) is 30.6 Å². The molecule has 156 valence electrons. The minimum atomic E-state index is -0.456. The summed E-state index contributed by atoms with van der Waals surface area (Å²) in [5.41, 5.74) is 3.13. The molecule has 3 aromatic heterocycles. The van der Waals surface area contributed by atoms with E-state index in [0.29, 0.717) is 29.2 Å². The summed E-state index contributed by atoms with van der Waals surface area (Å²) in [6, 6.07) is 10.2. The van der Waals surface area contributed by atoms with E-state index in [1.807, 2.05) is 19.2 Å². The molecule has 0 saturated heterocycles. The highest BCUT2D eigenvalue weighted by Gasteiger charge is 2.11. The molecule has 2 N–H and O–H groups in total. The Labute approximate surface area is 178 Å². The number of benzene rings is 1. The third-order valence-corrected chi connectivity index (χ3v) is 4.54. The van der Waals surface area contributed by atoms with Crippen LogP contribution >= 0.6 is 0 Å². The van der Waals surface area contributed by atoms with E-state index in [1.54, 1.807) is 53.9 Å². The Morgan fingerprint density at radius 2 is 1.90 bits per heavy atom. The van der Waals surface area contributed by atoms with Gasteiger partial charge in [0.15, 0.2) is 0 Å². The molecule has 0 aliphatic heterocycles. The number of hydrogen-bond donors (Lipinski definition) is 2. The van der Waals surface area contributed by atoms with Crippen LogP contribution in [0.25, 0.3) is 11.1 Å². The Balaban J connectivity index is 1.38. The molecule has 31 heavy (non-hydrogen) atoms. The normalized spacial score (nSPS) is 10.6. The van der Waals surface area contributed by atoms with Crippen LogP contribution < -0.4 is 10.6 Å². The molecule has 0 bridgehead atoms. The minimum Gasteiger partial charge on any atom is -0.350 e. The van der Waals surface area contributed by atoms with Crippen molar-refractivity contribution < 1.29 is 9.18 Å². The fourth-order valence-electron chi connectivity index (χ4n) is 2.95. The van der Waals surface area contributed by atoms with Gasteiger partial charge in [-0.1, -0.05) is 18.2 Å². The molecule has 0 aliphatic carbocycles. The average Bonchev–Trinajstić information content (AvgIpc) is 3.19. The summed E-state index contributed by atoms with van der Waals surface area (Å²) in [6.07, 6.45) is 8.30. The van der Waals surface area contributed by atoms with E-state index in [1.165, 1.54) is 6.07 Å². The Bertz CT molecular complexity index is 1180. The van der Waals surface area contributed by atoms with Gasteiger partial charge in [-0.3, -0.25) is 14.5 Å². The maximum Gasteiger partial charge on any atom is 0.227 e. The van der Waals surface area contributed by atoms with Gasteiger partial charge in [-0.25, -0.2) is 14.4 Å². The van der Waals surface area contributed by atoms with Crippen molar-refractivity contribution in [2.75, 3.05) is 5.32 Å². The maximum absolute atomic E-state index is 14.6. The third kappa shape index (κ3) is 5.27. The molecule has 3 heterocycles. The van der Waals surface area contributed by atoms with Crippen LogP contribution in [0.2, 0.25) is 0 Å². The van der Waals surface area contributed by atoms with E-state index in [2.05, 4.69) is 30.7 Å². The van der Waals surface area contributed by atoms with Crippen molar-refractivity contribution in [2.24, 2.45) is 7.05 Å². The third-order valence-electron chi connectivity index (χ3n) is 4.54. The van der Waals surface area contributed by atoms with E-state index in [-0.39, 0.29) is 12.3 Å². The Morgan fingerprint density at radius 1 is 1.06 bits per heavy atom. The first kappa shape index (κ1) is 20.1. The standard InChI is InChI=1S/C22H20FN7O/c1-30-14-19(13-28-30)29-22-26-10-17(11-27-22)15-5-6-16(20(23)8-15)9-21(31)25-12-18-4-2-3-7-24-18/h2-8,10-11,13-14H,9,12H2,1H3,(H,25,31)(H,26,27,29). The van der Waals surface area contributed by atoms with Gasteiger partial charge in [0, 0.05) is 37.4 Å². The molecule has 0 spiro atoms. The van der Waals surface area contributed by atoms with Gasteiger partial charge in [0.1, 0.15) is 5.82 Å². The van der Waals surface area contributed by atoms with Crippen molar-refractivity contribution >= 4 is 17.5 Å². The van der Waals surface area contributed by atoms with Gasteiger partial charge < -0.3 is 10.6 Å². The number of nitrogens with one attached hydrogen (secondary N) is 2. The Hall–Kier alpha value is -4.14. The summed E-state index contributed by atoms with van der Waals surface area (Å²) in [4.78, 5) is 24.8. The van der Waals surface area contributed by atoms with Gasteiger partial charge in [0.2, 0.25) is 11.9 Å². The van der Waals surface area contributed by atoms with E-state index >= 15 is 0 Å². The summed E-state index contributed by atoms with van der Waals surface area (Å²) >= 11 is 0. The van der Waals surface area contributed by atoms with Gasteiger partial charge in [-0.15, -0.1) is 0 Å². The lowest BCUT2D eigenvalue weighted by atomic mass is 10.0. The summed E-state index contributed by atoms with van der Waals surface area (Å²) in [6.45, 7) is 0.302. The van der Waals surface area contributed by atoms with Gasteiger partial charge in [0.05, 0.1) is 30.5 Å². The number of carbonyl (C=O) groups is 1. The van der Waals surface area contributed by atoms with Crippen molar-refractivity contribution in [2.45, 2.75) is 13.0 Å². The number of rotatable bonds is 7. The number of anilines is 2. The van der Waals surface area contributed by atoms with Crippen LogP contribution in [-0.2, 0) is 24.8 Å². The van der Waals surface area contributed by atoms with Crippen molar-refractivity contribution in [3.8, 4) is 11.1 Å². The second-order valence-electron chi connectivity index (χ2n) is 6.90. The summed E-state index contributed by atoms with van der Waals surface area (Å²) in [7, 11) is 1.82. The van der Waals surface area contributed by atoms with Crippen LogP contribution in [0.3, 0.4) is 0 Å². The highest BCUT2D eigenvalue weighted by molar-refractivity contribution is 5.79. The molecule has 1 amide bonds. The fourth-order valence-corrected chi connectivity index (χ4v) is 2.95. The van der Waals surface area contributed by atoms with E-state index < -0.39 is 5.82 Å². The molecular formula is C22H20FN7O. The molecule has 9 heteroatoms. The number of amides is 1. The molecule has 1 aromatic carbocycles. The molecule has 0 atom stereocenters. The Kier molecular flexibility index (Phi) is 5.93. The zero-order chi connectivity index (χ0) is 21.6. The zero-order valence-electron chi connectivity index (χ0n) is 16.8. The van der Waals surface area contributed by atoms with Gasteiger partial charge >= 0.3 is 0 Å². The molecule has 8 nitrogen and oxygen atoms in total. The molecular weight excluding hydrogens is 397 g/mol. The zero-order valence-corrected chi connectivity index (χ0v) is 16.8. The second kappa shape index (κ2) is 9.12. The highest BCUT2D eigenvalue weighted by atomic mass is 19.1. The first-order valence-corrected chi connectivity index (χ1v) is 9.60. The molecule has 4 aromatic rings. The van der Waals surface area contributed by atoms with Gasteiger partial charge in [0.25, 0.3) is 0 Å². The van der Waals surface area contributed by atoms with Crippen molar-refractivity contribution in [1.29, 1.82) is 0 Å². The van der Waals surface area contributed by atoms with E-state index in [0.717, 1.165) is 11.4 Å². The number of pyridine rings is 1. The van der Waals surface area contributed by atoms with Crippen LogP contribution in [0.4, 0.5) is 16.0 Å². The predicted molar refractivity (Wildman–Crippen MR) is 114 cm³/mol. The summed E-state index contributed by atoms with van der Waals surface area (Å²) in [5.74, 6) is -0.312. The predicted octanol–water partition coefficient (Wildman–Crippen LogP) is 3.01. The van der Waals surface area contributed by atoms with Crippen LogP contribution in [0.1, 0.15) is 11.3 Å². The van der Waals surface area contributed by atoms with Gasteiger partial charge in [-0.05, 0) is 29.3 Å². The monoisotopic (exact) mass is 417 g/mol. The van der Waals surface area contributed by atoms with Crippen molar-refractivity contribution in [3.05, 3.63) is 84.5 Å². The summed E-state index contributed by atoms with van der Waals surface area (Å²) < 4.78 is 16.2. The Morgan fingerprint density at radius 3 is 2.58 bits per heavy atom. The summed E-state index contributed by atoms with van der Waals surface area (Å²) in [5, 5.41) is 9.86. The first-order valence-electron chi connectivity index (χ1n) is 9.60. The lowest BCUT2D eigenvalue weighted by Gasteiger charge is -2.08. The lowest BCUT2D eigenvalue weighted by Crippen LogP contribution is -2.25. The molecule has 0 unspecified atom stereocenters. The smallest absolute Gasteiger partial charge is 0.227 e. The number of hydrogen-bond acceptors (Lipinski definition) is 6. The topological polar surface area (TPSA) is 97.6 Å². The largest absolute Gasteiger partial charge is 0.350 e. The minimum absolute atomic E-state index is 0.0522. The number of aryl methyl sites for hydroxylation is 1. The quantitative estimate of drug-likeness (QED) is 0.480. The van der Waals surface area contributed by atoms with E-state index in [9.17, 15) is 9.18 Å². The lowest BCUT2D eigenvalue weighted by molar-refractivity contribution is -0.120. The molecule has 0 saturated carbocycles. The first-order chi connectivity index (χ1) is 15.1. The number of halogens is 1. The van der Waals surface area contributed by atoms with Crippen molar-refractivity contribution in [1.82, 2.24) is 30.0 Å². The number of carbonyl (C=O) groups excluding carboxylic acids is 1. The molecule has 4 rings (SSSR count). The second-order valence-corrected chi connectivity index (χ2v) is 6.90. The van der Waals surface area contributed by atoms with Crippen molar-refractivity contribution in [3.63, 3.8) is 0 Å².